The summed E-state index contributed by atoms with van der Waals surface area (Å²) in [5, 5.41) is 10.7. The number of halogens is 1. The first-order chi connectivity index (χ1) is 12.7. The molecule has 0 saturated heterocycles. The minimum atomic E-state index is -3.71. The van der Waals surface area contributed by atoms with Crippen LogP contribution in [0.15, 0.2) is 41.3 Å². The average molecular weight is 414 g/mol. The van der Waals surface area contributed by atoms with Crippen molar-refractivity contribution in [3.8, 4) is 11.5 Å². The molecule has 2 aromatic carbocycles. The molecule has 0 radical (unpaired) electrons. The number of carbonyl (C=O) groups is 1. The van der Waals surface area contributed by atoms with E-state index in [1.807, 2.05) is 0 Å². The van der Waals surface area contributed by atoms with Crippen LogP contribution in [0.1, 0.15) is 5.56 Å². The van der Waals surface area contributed by atoms with Crippen molar-refractivity contribution >= 4 is 33.3 Å². The van der Waals surface area contributed by atoms with Crippen LogP contribution in [0.5, 0.6) is 11.5 Å². The van der Waals surface area contributed by atoms with E-state index in [1.54, 1.807) is 18.2 Å². The van der Waals surface area contributed by atoms with Gasteiger partial charge in [0.15, 0.2) is 0 Å². The van der Waals surface area contributed by atoms with Gasteiger partial charge < -0.3 is 20.1 Å². The first kappa shape index (κ1) is 20.8. The molecule has 0 saturated carbocycles. The third-order valence-electron chi connectivity index (χ3n) is 3.67. The molecule has 146 valence electrons. The van der Waals surface area contributed by atoms with Gasteiger partial charge in [0.1, 0.15) is 11.5 Å². The Labute approximate surface area is 162 Å². The predicted molar refractivity (Wildman–Crippen MR) is 103 cm³/mol. The van der Waals surface area contributed by atoms with Crippen molar-refractivity contribution < 1.29 is 22.7 Å². The topological polar surface area (TPSA) is 120 Å². The second-order valence-corrected chi connectivity index (χ2v) is 7.48. The lowest BCUT2D eigenvalue weighted by molar-refractivity contribution is 0.252. The molecule has 2 rings (SSSR count). The zero-order chi connectivity index (χ0) is 20.0. The van der Waals surface area contributed by atoms with E-state index in [-0.39, 0.29) is 4.90 Å². The van der Waals surface area contributed by atoms with E-state index < -0.39 is 16.1 Å². The summed E-state index contributed by atoms with van der Waals surface area (Å²) in [7, 11) is -0.763. The summed E-state index contributed by atoms with van der Waals surface area (Å²) in [6.07, 6.45) is 0.513. The highest BCUT2D eigenvalue weighted by Crippen LogP contribution is 2.35. The number of urea groups is 1. The van der Waals surface area contributed by atoms with Gasteiger partial charge in [-0.3, -0.25) is 0 Å². The quantitative estimate of drug-likeness (QED) is 0.643. The molecule has 0 bridgehead atoms. The van der Waals surface area contributed by atoms with Gasteiger partial charge >= 0.3 is 6.03 Å². The Balaban J connectivity index is 1.92. The van der Waals surface area contributed by atoms with Gasteiger partial charge in [-0.05, 0) is 30.2 Å². The zero-order valence-corrected chi connectivity index (χ0v) is 16.4. The first-order valence-corrected chi connectivity index (χ1v) is 9.75. The summed E-state index contributed by atoms with van der Waals surface area (Å²) in [4.78, 5) is 12.1. The summed E-state index contributed by atoms with van der Waals surface area (Å²) in [6, 6.07) is 8.81. The summed E-state index contributed by atoms with van der Waals surface area (Å²) >= 11 is 6.07. The maximum atomic E-state index is 12.1. The van der Waals surface area contributed by atoms with Crippen LogP contribution in [0, 0.1) is 0 Å². The van der Waals surface area contributed by atoms with Crippen LogP contribution in [0.2, 0.25) is 5.02 Å². The van der Waals surface area contributed by atoms with Crippen LogP contribution in [-0.4, -0.2) is 35.2 Å². The van der Waals surface area contributed by atoms with Gasteiger partial charge in [0.25, 0.3) is 0 Å². The Hall–Kier alpha value is -2.49. The number of ether oxygens (including phenoxy) is 2. The minimum Gasteiger partial charge on any atom is -0.495 e. The standard InChI is InChI=1S/C17H20ClN3O5S/c1-25-15-10-16(26-2)14(9-13(15)18)21-17(22)20-8-7-11-3-5-12(6-4-11)27(19,23)24/h3-6,9-10H,7-8H2,1-2H3,(H2,19,23,24)(H2,20,21,22). The Morgan fingerprint density at radius 3 is 2.30 bits per heavy atom. The number of anilines is 1. The summed E-state index contributed by atoms with van der Waals surface area (Å²) in [5.41, 5.74) is 1.26. The van der Waals surface area contributed by atoms with Crippen LogP contribution in [0.3, 0.4) is 0 Å². The molecule has 0 heterocycles. The van der Waals surface area contributed by atoms with Gasteiger partial charge in [0.2, 0.25) is 10.0 Å². The second-order valence-electron chi connectivity index (χ2n) is 5.51. The zero-order valence-electron chi connectivity index (χ0n) is 14.8. The number of sulfonamides is 1. The number of nitrogens with two attached hydrogens (primary N) is 1. The van der Waals surface area contributed by atoms with Gasteiger partial charge in [0.05, 0.1) is 29.8 Å². The highest BCUT2D eigenvalue weighted by atomic mass is 35.5. The molecule has 0 aromatic heterocycles. The number of hydrogen-bond acceptors (Lipinski definition) is 5. The summed E-state index contributed by atoms with van der Waals surface area (Å²) in [5.74, 6) is 0.840. The second kappa shape index (κ2) is 8.94. The van der Waals surface area contributed by atoms with Crippen molar-refractivity contribution in [2.75, 3.05) is 26.1 Å². The number of rotatable bonds is 7. The molecular formula is C17H20ClN3O5S. The van der Waals surface area contributed by atoms with Gasteiger partial charge in [-0.15, -0.1) is 0 Å². The van der Waals surface area contributed by atoms with Crippen molar-refractivity contribution in [2.24, 2.45) is 5.14 Å². The van der Waals surface area contributed by atoms with Crippen LogP contribution >= 0.6 is 11.6 Å². The number of hydrogen-bond donors (Lipinski definition) is 3. The molecular weight excluding hydrogens is 394 g/mol. The SMILES string of the molecule is COc1cc(OC)c(NC(=O)NCCc2ccc(S(N)(=O)=O)cc2)cc1Cl. The van der Waals surface area contributed by atoms with Gasteiger partial charge in [-0.2, -0.15) is 0 Å². The normalized spacial score (nSPS) is 11.0. The van der Waals surface area contributed by atoms with Crippen LogP contribution in [-0.2, 0) is 16.4 Å². The Kier molecular flexibility index (Phi) is 6.89. The van der Waals surface area contributed by atoms with Crippen LogP contribution < -0.4 is 25.2 Å². The average Bonchev–Trinajstić information content (AvgIpc) is 2.61. The smallest absolute Gasteiger partial charge is 0.319 e. The van der Waals surface area contributed by atoms with Gasteiger partial charge in [0, 0.05) is 12.6 Å². The molecule has 0 fully saturated rings. The van der Waals surface area contributed by atoms with Crippen molar-refractivity contribution in [2.45, 2.75) is 11.3 Å². The Morgan fingerprint density at radius 2 is 1.74 bits per heavy atom. The molecule has 0 atom stereocenters. The molecule has 8 nitrogen and oxygen atoms in total. The van der Waals surface area contributed by atoms with E-state index in [4.69, 9.17) is 26.2 Å². The molecule has 0 unspecified atom stereocenters. The number of nitrogens with one attached hydrogen (secondary N) is 2. The third kappa shape index (κ3) is 5.75. The van der Waals surface area contributed by atoms with E-state index in [9.17, 15) is 13.2 Å². The van der Waals surface area contributed by atoms with Crippen molar-refractivity contribution in [1.82, 2.24) is 5.32 Å². The highest BCUT2D eigenvalue weighted by Gasteiger charge is 2.12. The lowest BCUT2D eigenvalue weighted by Gasteiger charge is -2.13. The van der Waals surface area contributed by atoms with E-state index in [1.165, 1.54) is 32.4 Å². The number of primary sulfonamides is 1. The number of amides is 2. The van der Waals surface area contributed by atoms with Crippen LogP contribution in [0.4, 0.5) is 10.5 Å². The molecule has 0 spiro atoms. The molecule has 4 N–H and O–H groups in total. The maximum Gasteiger partial charge on any atom is 0.319 e. The van der Waals surface area contributed by atoms with Crippen molar-refractivity contribution in [3.63, 3.8) is 0 Å². The fourth-order valence-corrected chi connectivity index (χ4v) is 3.05. The molecule has 2 amide bonds. The lowest BCUT2D eigenvalue weighted by atomic mass is 10.1. The van der Waals surface area contributed by atoms with Crippen molar-refractivity contribution in [3.05, 3.63) is 47.0 Å². The first-order valence-electron chi connectivity index (χ1n) is 7.82. The molecule has 27 heavy (non-hydrogen) atoms. The Bertz CT molecular complexity index is 917. The molecule has 10 heteroatoms. The third-order valence-corrected chi connectivity index (χ3v) is 4.90. The summed E-state index contributed by atoms with van der Waals surface area (Å²) in [6.45, 7) is 0.340. The van der Waals surface area contributed by atoms with Crippen LogP contribution in [0.25, 0.3) is 0 Å². The van der Waals surface area contributed by atoms with E-state index >= 15 is 0 Å². The van der Waals surface area contributed by atoms with E-state index in [0.29, 0.717) is 35.2 Å². The molecule has 0 aliphatic carbocycles. The van der Waals surface area contributed by atoms with Crippen molar-refractivity contribution in [1.29, 1.82) is 0 Å². The lowest BCUT2D eigenvalue weighted by Crippen LogP contribution is -2.30. The van der Waals surface area contributed by atoms with E-state index in [0.717, 1.165) is 5.56 Å². The fourth-order valence-electron chi connectivity index (χ4n) is 2.29. The van der Waals surface area contributed by atoms with Gasteiger partial charge in [-0.1, -0.05) is 23.7 Å². The maximum absolute atomic E-state index is 12.1. The summed E-state index contributed by atoms with van der Waals surface area (Å²) < 4.78 is 32.8. The predicted octanol–water partition coefficient (Wildman–Crippen LogP) is 2.37. The number of methoxy groups -OCH3 is 2. The Morgan fingerprint density at radius 1 is 1.11 bits per heavy atom. The monoisotopic (exact) mass is 413 g/mol. The largest absolute Gasteiger partial charge is 0.495 e. The van der Waals surface area contributed by atoms with Gasteiger partial charge in [-0.25, -0.2) is 18.4 Å². The molecule has 2 aromatic rings. The molecule has 0 aliphatic rings. The highest BCUT2D eigenvalue weighted by molar-refractivity contribution is 7.89. The minimum absolute atomic E-state index is 0.0421. The molecule has 0 aliphatic heterocycles. The number of carbonyl (C=O) groups excluding carboxylic acids is 1. The van der Waals surface area contributed by atoms with E-state index in [2.05, 4.69) is 10.6 Å². The number of benzene rings is 2. The fraction of sp³-hybridized carbons (Fsp3) is 0.235.